The Morgan fingerprint density at radius 2 is 1.95 bits per heavy atom. The molecule has 6 nitrogen and oxygen atoms in total. The predicted molar refractivity (Wildman–Crippen MR) is 153 cm³/mol. The summed E-state index contributed by atoms with van der Waals surface area (Å²) >= 11 is 1.12. The molecule has 0 atom stereocenters. The van der Waals surface area contributed by atoms with Crippen LogP contribution < -0.4 is 5.32 Å². The fraction of sp³-hybridized carbons (Fsp3) is 0.233. The molecule has 0 spiro atoms. The quantitative estimate of drug-likeness (QED) is 0.234. The van der Waals surface area contributed by atoms with Crippen LogP contribution in [-0.4, -0.2) is 38.2 Å². The van der Waals surface area contributed by atoms with Gasteiger partial charge in [0, 0.05) is 46.5 Å². The molecule has 5 heterocycles. The molecule has 5 aromatic rings. The summed E-state index contributed by atoms with van der Waals surface area (Å²) in [5, 5.41) is 11.8. The molecule has 192 valence electrons. The summed E-state index contributed by atoms with van der Waals surface area (Å²) in [4.78, 5) is 12.4. The second kappa shape index (κ2) is 10.5. The first kappa shape index (κ1) is 24.5. The van der Waals surface area contributed by atoms with Crippen molar-refractivity contribution < 1.29 is 4.39 Å². The lowest BCUT2D eigenvalue weighted by atomic mass is 10.0. The molecule has 8 heteroatoms. The first-order chi connectivity index (χ1) is 18.5. The zero-order valence-corrected chi connectivity index (χ0v) is 22.1. The number of nitrogens with zero attached hydrogens (tertiary/aromatic N) is 4. The van der Waals surface area contributed by atoms with Crippen molar-refractivity contribution in [3.63, 3.8) is 0 Å². The number of H-pyrrole nitrogens is 1. The Bertz CT molecular complexity index is 1610. The van der Waals surface area contributed by atoms with Gasteiger partial charge in [-0.1, -0.05) is 19.1 Å². The van der Waals surface area contributed by atoms with Crippen LogP contribution in [0.4, 0.5) is 10.2 Å². The van der Waals surface area contributed by atoms with Crippen LogP contribution in [-0.2, 0) is 6.54 Å². The van der Waals surface area contributed by atoms with Crippen LogP contribution in [0.5, 0.6) is 0 Å². The Morgan fingerprint density at radius 3 is 2.76 bits per heavy atom. The highest BCUT2D eigenvalue weighted by Crippen LogP contribution is 2.34. The highest BCUT2D eigenvalue weighted by atomic mass is 32.1. The van der Waals surface area contributed by atoms with Crippen molar-refractivity contribution in [2.24, 2.45) is 0 Å². The molecule has 0 saturated carbocycles. The van der Waals surface area contributed by atoms with E-state index in [1.807, 2.05) is 31.5 Å². The van der Waals surface area contributed by atoms with Crippen molar-refractivity contribution >= 4 is 33.8 Å². The fourth-order valence-corrected chi connectivity index (χ4v) is 5.93. The molecule has 1 fully saturated rings. The van der Waals surface area contributed by atoms with E-state index in [2.05, 4.69) is 55.2 Å². The second-order valence-corrected chi connectivity index (χ2v) is 10.8. The molecule has 1 saturated heterocycles. The predicted octanol–water partition coefficient (Wildman–Crippen LogP) is 7.26. The van der Waals surface area contributed by atoms with E-state index >= 15 is 0 Å². The number of rotatable bonds is 7. The van der Waals surface area contributed by atoms with Crippen molar-refractivity contribution in [1.29, 1.82) is 0 Å². The average Bonchev–Trinajstić information content (AvgIpc) is 3.56. The Kier molecular flexibility index (Phi) is 6.74. The molecule has 4 aromatic heterocycles. The Labute approximate surface area is 225 Å². The SMILES string of the molecule is C=C(Nc1nccc(-c2ccc(F)s2)c1C)c1n[nH]c2ccc(-c3cncc(CN4CCCCC4)c3)cc12. The maximum absolute atomic E-state index is 13.6. The molecule has 0 unspecified atom stereocenters. The molecular formula is C30H29FN6S. The smallest absolute Gasteiger partial charge is 0.176 e. The van der Waals surface area contributed by atoms with Gasteiger partial charge in [0.15, 0.2) is 5.13 Å². The van der Waals surface area contributed by atoms with Crippen LogP contribution >= 0.6 is 11.3 Å². The number of thiophene rings is 1. The van der Waals surface area contributed by atoms with Gasteiger partial charge in [-0.2, -0.15) is 9.49 Å². The van der Waals surface area contributed by atoms with E-state index in [1.165, 1.54) is 30.9 Å². The van der Waals surface area contributed by atoms with Gasteiger partial charge < -0.3 is 5.32 Å². The lowest BCUT2D eigenvalue weighted by Gasteiger charge is -2.26. The van der Waals surface area contributed by atoms with Crippen LogP contribution in [0.15, 0.2) is 67.6 Å². The number of fused-ring (bicyclic) bond motifs is 1. The average molecular weight is 525 g/mol. The third-order valence-corrected chi connectivity index (χ3v) is 8.05. The van der Waals surface area contributed by atoms with Crippen molar-refractivity contribution in [2.75, 3.05) is 18.4 Å². The number of hydrogen-bond acceptors (Lipinski definition) is 6. The van der Waals surface area contributed by atoms with E-state index < -0.39 is 0 Å². The largest absolute Gasteiger partial charge is 0.339 e. The maximum atomic E-state index is 13.6. The highest BCUT2D eigenvalue weighted by Gasteiger charge is 2.16. The summed E-state index contributed by atoms with van der Waals surface area (Å²) in [5.41, 5.74) is 7.55. The van der Waals surface area contributed by atoms with Crippen molar-refractivity contribution in [3.8, 4) is 21.6 Å². The number of nitrogens with one attached hydrogen (secondary N) is 2. The van der Waals surface area contributed by atoms with Crippen molar-refractivity contribution in [1.82, 2.24) is 25.1 Å². The summed E-state index contributed by atoms with van der Waals surface area (Å²) in [5.74, 6) is 0.670. The number of piperidine rings is 1. The molecule has 1 aliphatic rings. The van der Waals surface area contributed by atoms with E-state index in [1.54, 1.807) is 12.3 Å². The molecule has 1 aromatic carbocycles. The number of anilines is 1. The Hall–Kier alpha value is -3.88. The lowest BCUT2D eigenvalue weighted by molar-refractivity contribution is 0.220. The van der Waals surface area contributed by atoms with Crippen LogP contribution in [0.1, 0.15) is 36.1 Å². The second-order valence-electron chi connectivity index (χ2n) is 9.79. The minimum Gasteiger partial charge on any atom is -0.339 e. The number of pyridine rings is 2. The van der Waals surface area contributed by atoms with Crippen LogP contribution in [0, 0.1) is 12.1 Å². The van der Waals surface area contributed by atoms with Gasteiger partial charge in [-0.25, -0.2) is 4.98 Å². The van der Waals surface area contributed by atoms with Crippen LogP contribution in [0.2, 0.25) is 0 Å². The van der Waals surface area contributed by atoms with Crippen LogP contribution in [0.25, 0.3) is 38.2 Å². The van der Waals surface area contributed by atoms with Gasteiger partial charge in [0.05, 0.1) is 11.2 Å². The van der Waals surface area contributed by atoms with E-state index in [9.17, 15) is 4.39 Å². The minimum atomic E-state index is -0.207. The zero-order valence-electron chi connectivity index (χ0n) is 21.3. The number of halogens is 1. The van der Waals surface area contributed by atoms with Gasteiger partial charge in [0.1, 0.15) is 11.5 Å². The molecule has 38 heavy (non-hydrogen) atoms. The first-order valence-electron chi connectivity index (χ1n) is 12.9. The van der Waals surface area contributed by atoms with Crippen molar-refractivity contribution in [3.05, 3.63) is 89.6 Å². The van der Waals surface area contributed by atoms with Gasteiger partial charge in [0.25, 0.3) is 0 Å². The normalized spacial score (nSPS) is 14.2. The summed E-state index contributed by atoms with van der Waals surface area (Å²) in [6, 6.07) is 13.7. The van der Waals surface area contributed by atoms with Gasteiger partial charge in [-0.05, 0) is 85.9 Å². The lowest BCUT2D eigenvalue weighted by Crippen LogP contribution is -2.29. The third-order valence-electron chi connectivity index (χ3n) is 7.14. The third kappa shape index (κ3) is 4.97. The summed E-state index contributed by atoms with van der Waals surface area (Å²) in [7, 11) is 0. The number of hydrogen-bond donors (Lipinski definition) is 2. The molecule has 2 N–H and O–H groups in total. The van der Waals surface area contributed by atoms with Crippen LogP contribution in [0.3, 0.4) is 0 Å². The van der Waals surface area contributed by atoms with E-state index in [0.717, 1.165) is 74.7 Å². The molecule has 1 aliphatic heterocycles. The number of likely N-dealkylation sites (tertiary alicyclic amines) is 1. The van der Waals surface area contributed by atoms with E-state index in [4.69, 9.17) is 0 Å². The minimum absolute atomic E-state index is 0.207. The standard InChI is InChI=1S/C30H29FN6S/c1-19-24(27-8-9-28(31)38-27)10-11-33-30(19)34-20(2)29-25-15-22(6-7-26(25)35-36-29)23-14-21(16-32-17-23)18-37-12-4-3-5-13-37/h6-11,14-17H,2-5,12-13,18H2,1H3,(H,33,34)(H,35,36). The Morgan fingerprint density at radius 1 is 1.08 bits per heavy atom. The first-order valence-corrected chi connectivity index (χ1v) is 13.7. The van der Waals surface area contributed by atoms with Gasteiger partial charge >= 0.3 is 0 Å². The van der Waals surface area contributed by atoms with Gasteiger partial charge in [0.2, 0.25) is 0 Å². The monoisotopic (exact) mass is 524 g/mol. The highest BCUT2D eigenvalue weighted by molar-refractivity contribution is 7.13. The molecule has 6 rings (SSSR count). The molecule has 0 bridgehead atoms. The summed E-state index contributed by atoms with van der Waals surface area (Å²) < 4.78 is 13.6. The van der Waals surface area contributed by atoms with Gasteiger partial charge in [-0.3, -0.25) is 15.0 Å². The number of aromatic nitrogens is 4. The van der Waals surface area contributed by atoms with E-state index in [-0.39, 0.29) is 5.13 Å². The van der Waals surface area contributed by atoms with E-state index in [0.29, 0.717) is 11.5 Å². The maximum Gasteiger partial charge on any atom is 0.176 e. The summed E-state index contributed by atoms with van der Waals surface area (Å²) in [6.07, 6.45) is 9.49. The van der Waals surface area contributed by atoms with Gasteiger partial charge in [-0.15, -0.1) is 11.3 Å². The molecule has 0 amide bonds. The Balaban J connectivity index is 1.26. The zero-order chi connectivity index (χ0) is 26.1. The van der Waals surface area contributed by atoms with Crippen molar-refractivity contribution in [2.45, 2.75) is 32.7 Å². The molecular weight excluding hydrogens is 495 g/mol. The number of benzene rings is 1. The molecule has 0 aliphatic carbocycles. The fourth-order valence-electron chi connectivity index (χ4n) is 5.12. The molecule has 0 radical (unpaired) electrons. The number of aromatic amines is 1. The summed E-state index contributed by atoms with van der Waals surface area (Å²) in [6.45, 7) is 9.49. The topological polar surface area (TPSA) is 69.7 Å².